The van der Waals surface area contributed by atoms with E-state index in [1.54, 1.807) is 0 Å². The van der Waals surface area contributed by atoms with Crippen LogP contribution in [-0.2, 0) is 0 Å². The molecule has 0 aliphatic heterocycles. The van der Waals surface area contributed by atoms with E-state index in [4.69, 9.17) is 0 Å². The average Bonchev–Trinajstić information content (AvgIpc) is 2.46. The number of allylic oxidation sites excluding steroid dienone is 2. The first-order valence-electron chi connectivity index (χ1n) is 7.19. The van der Waals surface area contributed by atoms with E-state index in [9.17, 15) is 4.79 Å². The summed E-state index contributed by atoms with van der Waals surface area (Å²) in [5.74, 6) is 0.713. The Hall–Kier alpha value is -1.90. The van der Waals surface area contributed by atoms with E-state index in [2.05, 4.69) is 36.3 Å². The van der Waals surface area contributed by atoms with Crippen LogP contribution in [0.25, 0.3) is 18.4 Å². The predicted molar refractivity (Wildman–Crippen MR) is 88.2 cm³/mol. The minimum atomic E-state index is -0.0712. The summed E-state index contributed by atoms with van der Waals surface area (Å²) in [5, 5.41) is 1.40. The van der Waals surface area contributed by atoms with Gasteiger partial charge in [-0.1, -0.05) is 33.4 Å². The molecule has 1 N–H and O–H groups in total. The second kappa shape index (κ2) is 7.63. The summed E-state index contributed by atoms with van der Waals surface area (Å²) in [5.41, 5.74) is 1.81. The van der Waals surface area contributed by atoms with Crippen LogP contribution in [-0.4, -0.2) is 11.7 Å². The van der Waals surface area contributed by atoms with Crippen LogP contribution in [0.5, 0.6) is 0 Å². The van der Waals surface area contributed by atoms with Gasteiger partial charge in [0.25, 0.3) is 5.56 Å². The molecule has 108 valence electrons. The Labute approximate surface area is 120 Å². The zero-order valence-electron chi connectivity index (χ0n) is 12.7. The van der Waals surface area contributed by atoms with Gasteiger partial charge >= 0.3 is 0 Å². The molecule has 3 nitrogen and oxygen atoms in total. The number of rotatable bonds is 2. The second-order valence-corrected chi connectivity index (χ2v) is 4.87. The maximum atomic E-state index is 12.0. The van der Waals surface area contributed by atoms with Gasteiger partial charge in [-0.3, -0.25) is 9.79 Å². The van der Waals surface area contributed by atoms with E-state index >= 15 is 0 Å². The van der Waals surface area contributed by atoms with Crippen molar-refractivity contribution < 1.29 is 0 Å². The second-order valence-electron chi connectivity index (χ2n) is 4.87. The van der Waals surface area contributed by atoms with Crippen LogP contribution in [0.1, 0.15) is 45.6 Å². The van der Waals surface area contributed by atoms with Gasteiger partial charge in [-0.15, -0.1) is 0 Å². The molecule has 0 amide bonds. The number of hydrogen-bond acceptors (Lipinski definition) is 2. The van der Waals surface area contributed by atoms with Gasteiger partial charge in [0.1, 0.15) is 0 Å². The van der Waals surface area contributed by atoms with Crippen molar-refractivity contribution in [2.24, 2.45) is 10.9 Å². The predicted octanol–water partition coefficient (Wildman–Crippen LogP) is 2.45. The number of H-pyrrole nitrogens is 1. The highest BCUT2D eigenvalue weighted by atomic mass is 16.1. The van der Waals surface area contributed by atoms with Gasteiger partial charge in [-0.25, -0.2) is 0 Å². The zero-order valence-corrected chi connectivity index (χ0v) is 12.7. The normalized spacial score (nSPS) is 18.9. The van der Waals surface area contributed by atoms with Crippen molar-refractivity contribution in [1.82, 2.24) is 4.98 Å². The Bertz CT molecular complexity index is 653. The quantitative estimate of drug-likeness (QED) is 0.826. The Morgan fingerprint density at radius 2 is 2.15 bits per heavy atom. The van der Waals surface area contributed by atoms with Crippen molar-refractivity contribution in [2.45, 2.75) is 40.0 Å². The maximum Gasteiger partial charge on any atom is 0.256 e. The van der Waals surface area contributed by atoms with Crippen molar-refractivity contribution in [3.05, 3.63) is 38.6 Å². The molecule has 1 atom stereocenters. The Morgan fingerprint density at radius 3 is 2.70 bits per heavy atom. The highest BCUT2D eigenvalue weighted by molar-refractivity contribution is 5.65. The number of aromatic nitrogens is 1. The van der Waals surface area contributed by atoms with Crippen LogP contribution in [0.3, 0.4) is 0 Å². The molecular formula is C17H24N2O. The molecule has 1 heterocycles. The maximum absolute atomic E-state index is 12.0. The lowest BCUT2D eigenvalue weighted by Crippen LogP contribution is -2.35. The lowest BCUT2D eigenvalue weighted by molar-refractivity contribution is 0.533. The van der Waals surface area contributed by atoms with Gasteiger partial charge in [0, 0.05) is 5.56 Å². The Kier molecular flexibility index (Phi) is 6.16. The molecule has 1 aliphatic carbocycles. The lowest BCUT2D eigenvalue weighted by Gasteiger charge is -2.17. The Balaban J connectivity index is 0.000000956. The van der Waals surface area contributed by atoms with Gasteiger partial charge < -0.3 is 4.98 Å². The van der Waals surface area contributed by atoms with Gasteiger partial charge in [0.05, 0.1) is 11.5 Å². The summed E-state index contributed by atoms with van der Waals surface area (Å²) in [4.78, 5) is 18.5. The first kappa shape index (κ1) is 16.2. The molecule has 20 heavy (non-hydrogen) atoms. The van der Waals surface area contributed by atoms with E-state index in [1.165, 1.54) is 6.20 Å². The van der Waals surface area contributed by atoms with E-state index < -0.39 is 0 Å². The number of aromatic amines is 1. The summed E-state index contributed by atoms with van der Waals surface area (Å²) < 4.78 is 0. The lowest BCUT2D eigenvalue weighted by atomic mass is 9.88. The molecule has 0 unspecified atom stereocenters. The van der Waals surface area contributed by atoms with Gasteiger partial charge in [0.15, 0.2) is 0 Å². The van der Waals surface area contributed by atoms with Crippen LogP contribution in [0.4, 0.5) is 0 Å². The van der Waals surface area contributed by atoms with Crippen molar-refractivity contribution >= 4 is 25.1 Å². The SMILES string of the molecule is C=N/C=c1/[nH]c(=O)c(C2=CC[C@@H](C)CC2)cc1=C.CC. The highest BCUT2D eigenvalue weighted by Crippen LogP contribution is 2.27. The molecule has 0 spiro atoms. The third-order valence-electron chi connectivity index (χ3n) is 3.40. The summed E-state index contributed by atoms with van der Waals surface area (Å²) in [6.07, 6.45) is 6.84. The fourth-order valence-electron chi connectivity index (χ4n) is 2.24. The minimum absolute atomic E-state index is 0.0712. The standard InChI is InChI=1S/C15H18N2O.C2H6/c1-10-4-6-12(7-5-10)13-8-11(2)14(9-16-3)17-15(13)18;1-2/h6,8-10H,2-5,7H2,1H3,(H,17,18);1-2H3/b14-9+;/t10-;/m1./s1. The van der Waals surface area contributed by atoms with Crippen LogP contribution in [0.15, 0.2) is 21.9 Å². The Morgan fingerprint density at radius 1 is 1.45 bits per heavy atom. The van der Waals surface area contributed by atoms with E-state index in [1.807, 2.05) is 19.9 Å². The van der Waals surface area contributed by atoms with Gasteiger partial charge in [-0.2, -0.15) is 0 Å². The molecule has 0 saturated heterocycles. The highest BCUT2D eigenvalue weighted by Gasteiger charge is 2.13. The molecule has 0 bridgehead atoms. The molecule has 2 rings (SSSR count). The first-order chi connectivity index (χ1) is 9.61. The molecule has 0 saturated carbocycles. The average molecular weight is 272 g/mol. The molecule has 1 aromatic heterocycles. The molecule has 1 aliphatic rings. The summed E-state index contributed by atoms with van der Waals surface area (Å²) in [7, 11) is 0. The third kappa shape index (κ3) is 3.80. The fraction of sp³-hybridized carbons (Fsp3) is 0.412. The van der Waals surface area contributed by atoms with Crippen LogP contribution in [0, 0.1) is 5.92 Å². The zero-order chi connectivity index (χ0) is 15.1. The minimum Gasteiger partial charge on any atom is -0.320 e. The number of hydrogen-bond donors (Lipinski definition) is 1. The number of aliphatic imine (C=N–C) groups is 1. The van der Waals surface area contributed by atoms with Crippen molar-refractivity contribution in [3.8, 4) is 0 Å². The molecular weight excluding hydrogens is 248 g/mol. The van der Waals surface area contributed by atoms with E-state index in [0.29, 0.717) is 11.3 Å². The van der Waals surface area contributed by atoms with Crippen LogP contribution >= 0.6 is 0 Å². The molecule has 0 aromatic carbocycles. The smallest absolute Gasteiger partial charge is 0.256 e. The fourth-order valence-corrected chi connectivity index (χ4v) is 2.24. The number of nitrogens with one attached hydrogen (secondary N) is 1. The first-order valence-corrected chi connectivity index (χ1v) is 7.19. The monoisotopic (exact) mass is 272 g/mol. The summed E-state index contributed by atoms with van der Waals surface area (Å²) in [6, 6.07) is 1.84. The van der Waals surface area contributed by atoms with Crippen LogP contribution in [0.2, 0.25) is 0 Å². The van der Waals surface area contributed by atoms with Crippen molar-refractivity contribution in [2.75, 3.05) is 0 Å². The molecule has 0 fully saturated rings. The molecule has 0 radical (unpaired) electrons. The van der Waals surface area contributed by atoms with Gasteiger partial charge in [-0.05, 0) is 48.8 Å². The van der Waals surface area contributed by atoms with E-state index in [-0.39, 0.29) is 5.56 Å². The summed E-state index contributed by atoms with van der Waals surface area (Å²) >= 11 is 0. The number of nitrogens with zero attached hydrogens (tertiary/aromatic N) is 1. The molecule has 1 aromatic rings. The van der Waals surface area contributed by atoms with E-state index in [0.717, 1.165) is 35.6 Å². The third-order valence-corrected chi connectivity index (χ3v) is 3.40. The molecule has 3 heteroatoms. The van der Waals surface area contributed by atoms with Crippen molar-refractivity contribution in [3.63, 3.8) is 0 Å². The largest absolute Gasteiger partial charge is 0.320 e. The number of pyridine rings is 1. The van der Waals surface area contributed by atoms with Crippen LogP contribution < -0.4 is 16.1 Å². The summed E-state index contributed by atoms with van der Waals surface area (Å²) in [6.45, 7) is 13.5. The van der Waals surface area contributed by atoms with Crippen molar-refractivity contribution in [1.29, 1.82) is 0 Å². The topological polar surface area (TPSA) is 45.2 Å². The van der Waals surface area contributed by atoms with Gasteiger partial charge in [0.2, 0.25) is 0 Å².